The predicted octanol–water partition coefficient (Wildman–Crippen LogP) is 0.710. The Labute approximate surface area is 96.6 Å². The molecule has 0 radical (unpaired) electrons. The van der Waals surface area contributed by atoms with Crippen molar-refractivity contribution < 1.29 is 9.84 Å². The van der Waals surface area contributed by atoms with Gasteiger partial charge in [-0.1, -0.05) is 18.2 Å². The molecule has 0 fully saturated rings. The van der Waals surface area contributed by atoms with Crippen LogP contribution in [0.5, 0.6) is 0 Å². The number of rotatable bonds is 7. The molecule has 0 spiro atoms. The van der Waals surface area contributed by atoms with Crippen molar-refractivity contribution in [2.75, 3.05) is 39.1 Å². The molecule has 0 saturated carbocycles. The summed E-state index contributed by atoms with van der Waals surface area (Å²) in [7, 11) is 1.67. The van der Waals surface area contributed by atoms with Crippen molar-refractivity contribution in [2.45, 2.75) is 6.54 Å². The maximum absolute atomic E-state index is 8.97. The first-order chi connectivity index (χ1) is 7.77. The minimum Gasteiger partial charge on any atom is -0.398 e. The zero-order valence-corrected chi connectivity index (χ0v) is 9.72. The summed E-state index contributed by atoms with van der Waals surface area (Å²) in [5.41, 5.74) is 7.76. The molecule has 0 heterocycles. The molecule has 0 bridgehead atoms. The third-order valence-electron chi connectivity index (χ3n) is 2.48. The lowest BCUT2D eigenvalue weighted by atomic mass is 10.1. The third kappa shape index (κ3) is 4.18. The number of hydrogen-bond acceptors (Lipinski definition) is 4. The van der Waals surface area contributed by atoms with Gasteiger partial charge in [0.05, 0.1) is 13.2 Å². The van der Waals surface area contributed by atoms with Gasteiger partial charge in [0.15, 0.2) is 0 Å². The Hall–Kier alpha value is -1.10. The molecule has 0 aliphatic carbocycles. The molecule has 0 aliphatic rings. The van der Waals surface area contributed by atoms with E-state index in [0.717, 1.165) is 24.3 Å². The van der Waals surface area contributed by atoms with Gasteiger partial charge < -0.3 is 15.6 Å². The van der Waals surface area contributed by atoms with Crippen molar-refractivity contribution in [3.63, 3.8) is 0 Å². The number of methoxy groups -OCH3 is 1. The minimum atomic E-state index is 0.149. The second-order valence-corrected chi connectivity index (χ2v) is 3.69. The molecule has 0 aliphatic heterocycles. The molecule has 90 valence electrons. The summed E-state index contributed by atoms with van der Waals surface area (Å²) in [6.45, 7) is 2.99. The monoisotopic (exact) mass is 224 g/mol. The summed E-state index contributed by atoms with van der Waals surface area (Å²) in [6.07, 6.45) is 0. The molecule has 0 saturated heterocycles. The van der Waals surface area contributed by atoms with Gasteiger partial charge in [0, 0.05) is 32.4 Å². The second kappa shape index (κ2) is 7.22. The Balaban J connectivity index is 2.56. The van der Waals surface area contributed by atoms with Crippen LogP contribution in [0.25, 0.3) is 0 Å². The van der Waals surface area contributed by atoms with E-state index in [9.17, 15) is 0 Å². The van der Waals surface area contributed by atoms with Crippen LogP contribution in [0.1, 0.15) is 5.56 Å². The van der Waals surface area contributed by atoms with Crippen LogP contribution in [0.15, 0.2) is 24.3 Å². The van der Waals surface area contributed by atoms with Gasteiger partial charge in [0.1, 0.15) is 0 Å². The van der Waals surface area contributed by atoms with Gasteiger partial charge in [-0.3, -0.25) is 4.90 Å². The van der Waals surface area contributed by atoms with E-state index in [2.05, 4.69) is 4.90 Å². The lowest BCUT2D eigenvalue weighted by Crippen LogP contribution is -2.30. The summed E-state index contributed by atoms with van der Waals surface area (Å²) in [4.78, 5) is 2.12. The topological polar surface area (TPSA) is 58.7 Å². The summed E-state index contributed by atoms with van der Waals surface area (Å²) < 4.78 is 5.03. The Morgan fingerprint density at radius 3 is 2.69 bits per heavy atom. The van der Waals surface area contributed by atoms with Crippen molar-refractivity contribution in [1.29, 1.82) is 0 Å². The number of ether oxygens (including phenoxy) is 1. The van der Waals surface area contributed by atoms with Crippen LogP contribution in [0.3, 0.4) is 0 Å². The summed E-state index contributed by atoms with van der Waals surface area (Å²) in [6, 6.07) is 7.79. The van der Waals surface area contributed by atoms with Gasteiger partial charge in [0.2, 0.25) is 0 Å². The van der Waals surface area contributed by atoms with Gasteiger partial charge >= 0.3 is 0 Å². The smallest absolute Gasteiger partial charge is 0.0589 e. The highest BCUT2D eigenvalue weighted by Gasteiger charge is 2.06. The SMILES string of the molecule is COCCN(CCO)Cc1ccccc1N. The number of para-hydroxylation sites is 1. The molecule has 1 rings (SSSR count). The maximum atomic E-state index is 8.97. The van der Waals surface area contributed by atoms with E-state index in [-0.39, 0.29) is 6.61 Å². The molecule has 1 aromatic carbocycles. The Morgan fingerprint density at radius 1 is 1.31 bits per heavy atom. The Bertz CT molecular complexity index is 305. The number of hydrogen-bond donors (Lipinski definition) is 2. The first-order valence-electron chi connectivity index (χ1n) is 5.43. The Morgan fingerprint density at radius 2 is 2.06 bits per heavy atom. The molecular weight excluding hydrogens is 204 g/mol. The number of aliphatic hydroxyl groups excluding tert-OH is 1. The van der Waals surface area contributed by atoms with Crippen LogP contribution in [0.2, 0.25) is 0 Å². The normalized spacial score (nSPS) is 10.9. The summed E-state index contributed by atoms with van der Waals surface area (Å²) in [5, 5.41) is 8.97. The highest BCUT2D eigenvalue weighted by Crippen LogP contribution is 2.12. The summed E-state index contributed by atoms with van der Waals surface area (Å²) >= 11 is 0. The fourth-order valence-corrected chi connectivity index (χ4v) is 1.55. The van der Waals surface area contributed by atoms with Gasteiger partial charge in [-0.2, -0.15) is 0 Å². The van der Waals surface area contributed by atoms with Crippen molar-refractivity contribution in [1.82, 2.24) is 4.90 Å². The van der Waals surface area contributed by atoms with E-state index >= 15 is 0 Å². The van der Waals surface area contributed by atoms with E-state index < -0.39 is 0 Å². The van der Waals surface area contributed by atoms with E-state index in [4.69, 9.17) is 15.6 Å². The number of anilines is 1. The number of benzene rings is 1. The predicted molar refractivity (Wildman–Crippen MR) is 65.1 cm³/mol. The fourth-order valence-electron chi connectivity index (χ4n) is 1.55. The van der Waals surface area contributed by atoms with Gasteiger partial charge in [0.25, 0.3) is 0 Å². The van der Waals surface area contributed by atoms with Crippen LogP contribution >= 0.6 is 0 Å². The fraction of sp³-hybridized carbons (Fsp3) is 0.500. The summed E-state index contributed by atoms with van der Waals surface area (Å²) in [5.74, 6) is 0. The third-order valence-corrected chi connectivity index (χ3v) is 2.48. The second-order valence-electron chi connectivity index (χ2n) is 3.69. The molecule has 4 nitrogen and oxygen atoms in total. The highest BCUT2D eigenvalue weighted by molar-refractivity contribution is 5.46. The molecule has 0 unspecified atom stereocenters. The van der Waals surface area contributed by atoms with Crippen molar-refractivity contribution >= 4 is 5.69 Å². The molecule has 1 aromatic rings. The lowest BCUT2D eigenvalue weighted by molar-refractivity contribution is 0.127. The zero-order valence-electron chi connectivity index (χ0n) is 9.72. The van der Waals surface area contributed by atoms with Crippen molar-refractivity contribution in [2.24, 2.45) is 0 Å². The van der Waals surface area contributed by atoms with Crippen molar-refractivity contribution in [3.05, 3.63) is 29.8 Å². The van der Waals surface area contributed by atoms with Gasteiger partial charge in [-0.05, 0) is 11.6 Å². The zero-order chi connectivity index (χ0) is 11.8. The first-order valence-corrected chi connectivity index (χ1v) is 5.43. The molecule has 0 aromatic heterocycles. The maximum Gasteiger partial charge on any atom is 0.0589 e. The Kier molecular flexibility index (Phi) is 5.85. The minimum absolute atomic E-state index is 0.149. The molecule has 0 atom stereocenters. The van der Waals surface area contributed by atoms with Crippen molar-refractivity contribution in [3.8, 4) is 0 Å². The molecule has 0 amide bonds. The number of nitrogen functional groups attached to an aromatic ring is 1. The van der Waals surface area contributed by atoms with E-state index in [1.807, 2.05) is 24.3 Å². The van der Waals surface area contributed by atoms with Crippen LogP contribution < -0.4 is 5.73 Å². The van der Waals surface area contributed by atoms with E-state index in [1.54, 1.807) is 7.11 Å². The molecular formula is C12H20N2O2. The molecule has 4 heteroatoms. The van der Waals surface area contributed by atoms with E-state index in [1.165, 1.54) is 0 Å². The highest BCUT2D eigenvalue weighted by atomic mass is 16.5. The number of nitrogens with zero attached hydrogens (tertiary/aromatic N) is 1. The average molecular weight is 224 g/mol. The largest absolute Gasteiger partial charge is 0.398 e. The standard InChI is InChI=1S/C12H20N2O2/c1-16-9-7-14(6-8-15)10-11-4-2-3-5-12(11)13/h2-5,15H,6-10,13H2,1H3. The van der Waals surface area contributed by atoms with E-state index in [0.29, 0.717) is 13.2 Å². The van der Waals surface area contributed by atoms with Crippen LogP contribution in [0, 0.1) is 0 Å². The quantitative estimate of drug-likeness (QED) is 0.670. The van der Waals surface area contributed by atoms with Gasteiger partial charge in [-0.25, -0.2) is 0 Å². The number of nitrogens with two attached hydrogens (primary N) is 1. The first kappa shape index (κ1) is 13.0. The van der Waals surface area contributed by atoms with Gasteiger partial charge in [-0.15, -0.1) is 0 Å². The number of aliphatic hydroxyl groups is 1. The average Bonchev–Trinajstić information content (AvgIpc) is 2.29. The van der Waals surface area contributed by atoms with Crippen LogP contribution in [0.4, 0.5) is 5.69 Å². The van der Waals surface area contributed by atoms with Crippen LogP contribution in [-0.2, 0) is 11.3 Å². The molecule has 16 heavy (non-hydrogen) atoms. The van der Waals surface area contributed by atoms with Crippen LogP contribution in [-0.4, -0.2) is 43.4 Å². The molecule has 3 N–H and O–H groups in total. The lowest BCUT2D eigenvalue weighted by Gasteiger charge is -2.21.